The third kappa shape index (κ3) is 5.25. The van der Waals surface area contributed by atoms with Crippen LogP contribution in [0.15, 0.2) is 0 Å². The van der Waals surface area contributed by atoms with Crippen molar-refractivity contribution in [3.8, 4) is 0 Å². The molecule has 1 aliphatic heterocycles. The van der Waals surface area contributed by atoms with Crippen LogP contribution in [0.3, 0.4) is 0 Å². The van der Waals surface area contributed by atoms with Crippen molar-refractivity contribution < 1.29 is 14.3 Å². The van der Waals surface area contributed by atoms with Crippen molar-refractivity contribution in [1.82, 2.24) is 10.2 Å². The van der Waals surface area contributed by atoms with Crippen LogP contribution in [0.1, 0.15) is 0 Å². The zero-order valence-electron chi connectivity index (χ0n) is 10.6. The second-order valence-electron chi connectivity index (χ2n) is 3.89. The van der Waals surface area contributed by atoms with Crippen LogP contribution >= 0.6 is 11.8 Å². The van der Waals surface area contributed by atoms with Gasteiger partial charge in [-0.25, -0.2) is 0 Å². The lowest BCUT2D eigenvalue weighted by molar-refractivity contribution is -0.134. The van der Waals surface area contributed by atoms with Crippen molar-refractivity contribution in [3.05, 3.63) is 0 Å². The summed E-state index contributed by atoms with van der Waals surface area (Å²) in [5.74, 6) is 2.10. The molecule has 1 saturated heterocycles. The second-order valence-corrected chi connectivity index (χ2v) is 5.04. The Morgan fingerprint density at radius 2 is 2.00 bits per heavy atom. The lowest BCUT2D eigenvalue weighted by Gasteiger charge is -2.29. The van der Waals surface area contributed by atoms with Gasteiger partial charge in [0.15, 0.2) is 0 Å². The highest BCUT2D eigenvalue weighted by molar-refractivity contribution is 7.99. The van der Waals surface area contributed by atoms with Crippen LogP contribution in [-0.4, -0.2) is 75.4 Å². The quantitative estimate of drug-likeness (QED) is 0.689. The van der Waals surface area contributed by atoms with Crippen LogP contribution in [0.2, 0.25) is 0 Å². The van der Waals surface area contributed by atoms with Gasteiger partial charge in [-0.05, 0) is 0 Å². The molecule has 0 aromatic rings. The van der Waals surface area contributed by atoms with Gasteiger partial charge in [-0.15, -0.1) is 0 Å². The van der Waals surface area contributed by atoms with E-state index < -0.39 is 0 Å². The molecule has 0 spiro atoms. The van der Waals surface area contributed by atoms with Crippen molar-refractivity contribution in [2.24, 2.45) is 0 Å². The van der Waals surface area contributed by atoms with E-state index in [1.807, 2.05) is 16.7 Å². The summed E-state index contributed by atoms with van der Waals surface area (Å²) in [4.78, 5) is 14.1. The normalized spacial score (nSPS) is 20.2. The molecule has 5 nitrogen and oxygen atoms in total. The Morgan fingerprint density at radius 3 is 2.47 bits per heavy atom. The van der Waals surface area contributed by atoms with Gasteiger partial charge < -0.3 is 19.7 Å². The third-order valence-corrected chi connectivity index (χ3v) is 3.72. The number of hydrogen-bond acceptors (Lipinski definition) is 5. The maximum absolute atomic E-state index is 12.2. The average molecular weight is 262 g/mol. The SMILES string of the molecule is COCCN(CCOC)C(=O)C1CSCCN1. The zero-order chi connectivity index (χ0) is 12.5. The zero-order valence-corrected chi connectivity index (χ0v) is 11.4. The fraction of sp³-hybridized carbons (Fsp3) is 0.909. The first kappa shape index (κ1) is 14.8. The van der Waals surface area contributed by atoms with E-state index in [1.54, 1.807) is 14.2 Å². The van der Waals surface area contributed by atoms with Gasteiger partial charge in [0, 0.05) is 45.4 Å². The molecule has 1 heterocycles. The van der Waals surface area contributed by atoms with Crippen molar-refractivity contribution >= 4 is 17.7 Å². The molecule has 0 aromatic carbocycles. The first-order chi connectivity index (χ1) is 8.29. The first-order valence-corrected chi connectivity index (χ1v) is 7.03. The Kier molecular flexibility index (Phi) is 7.59. The fourth-order valence-corrected chi connectivity index (χ4v) is 2.60. The molecule has 6 heteroatoms. The highest BCUT2D eigenvalue weighted by atomic mass is 32.2. The van der Waals surface area contributed by atoms with Gasteiger partial charge in [-0.3, -0.25) is 4.79 Å². The van der Waals surface area contributed by atoms with Crippen LogP contribution < -0.4 is 5.32 Å². The average Bonchev–Trinajstić information content (AvgIpc) is 2.39. The fourth-order valence-electron chi connectivity index (χ4n) is 1.68. The topological polar surface area (TPSA) is 50.8 Å². The summed E-state index contributed by atoms with van der Waals surface area (Å²) < 4.78 is 10.1. The monoisotopic (exact) mass is 262 g/mol. The standard InChI is InChI=1S/C11H22N2O3S/c1-15-6-4-13(5-7-16-2)11(14)10-9-17-8-3-12-10/h10,12H,3-9H2,1-2H3. The van der Waals surface area contributed by atoms with Gasteiger partial charge in [-0.1, -0.05) is 0 Å². The Morgan fingerprint density at radius 1 is 1.35 bits per heavy atom. The lowest BCUT2D eigenvalue weighted by atomic mass is 10.2. The molecule has 1 fully saturated rings. The number of amides is 1. The number of methoxy groups -OCH3 is 2. The third-order valence-electron chi connectivity index (χ3n) is 2.66. The highest BCUT2D eigenvalue weighted by Gasteiger charge is 2.25. The molecule has 1 aliphatic rings. The first-order valence-electron chi connectivity index (χ1n) is 5.87. The summed E-state index contributed by atoms with van der Waals surface area (Å²) >= 11 is 1.82. The van der Waals surface area contributed by atoms with Crippen LogP contribution in [0.4, 0.5) is 0 Å². The van der Waals surface area contributed by atoms with Gasteiger partial charge in [0.25, 0.3) is 0 Å². The molecule has 1 N–H and O–H groups in total. The Labute approximate surface area is 107 Å². The number of carbonyl (C=O) groups excluding carboxylic acids is 1. The van der Waals surface area contributed by atoms with Crippen molar-refractivity contribution in [2.45, 2.75) is 6.04 Å². The molecule has 1 amide bonds. The van der Waals surface area contributed by atoms with Gasteiger partial charge in [0.1, 0.15) is 0 Å². The van der Waals surface area contributed by atoms with E-state index >= 15 is 0 Å². The van der Waals surface area contributed by atoms with Gasteiger partial charge in [0.2, 0.25) is 5.91 Å². The number of hydrogen-bond donors (Lipinski definition) is 1. The minimum Gasteiger partial charge on any atom is -0.383 e. The summed E-state index contributed by atoms with van der Waals surface area (Å²) in [5, 5.41) is 3.26. The number of rotatable bonds is 7. The predicted molar refractivity (Wildman–Crippen MR) is 69.4 cm³/mol. The van der Waals surface area contributed by atoms with E-state index in [0.717, 1.165) is 18.1 Å². The number of ether oxygens (including phenoxy) is 2. The van der Waals surface area contributed by atoms with Crippen molar-refractivity contribution in [1.29, 1.82) is 0 Å². The van der Waals surface area contributed by atoms with E-state index in [-0.39, 0.29) is 11.9 Å². The van der Waals surface area contributed by atoms with Crippen LogP contribution in [0.5, 0.6) is 0 Å². The summed E-state index contributed by atoms with van der Waals surface area (Å²) in [7, 11) is 3.29. The molecule has 0 bridgehead atoms. The Bertz CT molecular complexity index is 215. The summed E-state index contributed by atoms with van der Waals surface area (Å²) in [6.07, 6.45) is 0. The number of nitrogens with zero attached hydrogens (tertiary/aromatic N) is 1. The minimum atomic E-state index is -0.0533. The molecule has 0 saturated carbocycles. The van der Waals surface area contributed by atoms with E-state index in [2.05, 4.69) is 5.32 Å². The Balaban J connectivity index is 2.44. The van der Waals surface area contributed by atoms with Gasteiger partial charge in [0.05, 0.1) is 19.3 Å². The summed E-state index contributed by atoms with van der Waals surface area (Å²) in [5.41, 5.74) is 0. The summed E-state index contributed by atoms with van der Waals surface area (Å²) in [6, 6.07) is -0.0533. The molecule has 0 aliphatic carbocycles. The smallest absolute Gasteiger partial charge is 0.240 e. The van der Waals surface area contributed by atoms with E-state index in [4.69, 9.17) is 9.47 Å². The predicted octanol–water partition coefficient (Wildman–Crippen LogP) is -0.187. The van der Waals surface area contributed by atoms with Crippen molar-refractivity contribution in [2.75, 3.05) is 58.6 Å². The van der Waals surface area contributed by atoms with Gasteiger partial charge >= 0.3 is 0 Å². The van der Waals surface area contributed by atoms with Crippen LogP contribution in [0, 0.1) is 0 Å². The molecule has 0 aromatic heterocycles. The maximum Gasteiger partial charge on any atom is 0.240 e. The molecule has 1 unspecified atom stereocenters. The molecule has 17 heavy (non-hydrogen) atoms. The van der Waals surface area contributed by atoms with Gasteiger partial charge in [-0.2, -0.15) is 11.8 Å². The molecule has 1 rings (SSSR count). The number of nitrogens with one attached hydrogen (secondary N) is 1. The lowest BCUT2D eigenvalue weighted by Crippen LogP contribution is -2.52. The molecule has 1 atom stereocenters. The largest absolute Gasteiger partial charge is 0.383 e. The molecule has 100 valence electrons. The maximum atomic E-state index is 12.2. The van der Waals surface area contributed by atoms with Crippen molar-refractivity contribution in [3.63, 3.8) is 0 Å². The van der Waals surface area contributed by atoms with Crippen LogP contribution in [-0.2, 0) is 14.3 Å². The number of carbonyl (C=O) groups is 1. The van der Waals surface area contributed by atoms with E-state index in [9.17, 15) is 4.79 Å². The molecular formula is C11H22N2O3S. The van der Waals surface area contributed by atoms with E-state index in [0.29, 0.717) is 26.3 Å². The molecule has 0 radical (unpaired) electrons. The van der Waals surface area contributed by atoms with E-state index in [1.165, 1.54) is 0 Å². The molecular weight excluding hydrogens is 240 g/mol. The summed E-state index contributed by atoms with van der Waals surface area (Å²) in [6.45, 7) is 3.29. The van der Waals surface area contributed by atoms with Crippen LogP contribution in [0.25, 0.3) is 0 Å². The Hall–Kier alpha value is -0.300. The number of thioether (sulfide) groups is 1. The minimum absolute atomic E-state index is 0.0533. The highest BCUT2D eigenvalue weighted by Crippen LogP contribution is 2.10. The second kappa shape index (κ2) is 8.74.